The van der Waals surface area contributed by atoms with E-state index in [1.807, 2.05) is 73.8 Å². The number of nitrogens with one attached hydrogen (secondary N) is 2. The van der Waals surface area contributed by atoms with E-state index in [0.29, 0.717) is 17.9 Å². The SMILES string of the molecule is Cc1[nH]c([C@@H](Cc2cn(C)c3ccccc23)NC(=O)OCC2c3ccccc3-c3ccccc32)nc1C(=O)OCc1ccccc1. The van der Waals surface area contributed by atoms with Gasteiger partial charge in [0.1, 0.15) is 19.0 Å². The molecule has 0 aliphatic heterocycles. The highest BCUT2D eigenvalue weighted by molar-refractivity contribution is 5.88. The zero-order valence-electron chi connectivity index (χ0n) is 25.7. The number of ether oxygens (including phenoxy) is 2. The minimum absolute atomic E-state index is 0.0634. The Morgan fingerprint density at radius 2 is 1.52 bits per heavy atom. The maximum atomic E-state index is 13.5. The first-order valence-corrected chi connectivity index (χ1v) is 15.4. The van der Waals surface area contributed by atoms with Crippen LogP contribution >= 0.6 is 0 Å². The Morgan fingerprint density at radius 1 is 0.870 bits per heavy atom. The summed E-state index contributed by atoms with van der Waals surface area (Å²) in [4.78, 5) is 34.4. The van der Waals surface area contributed by atoms with Crippen LogP contribution in [-0.4, -0.2) is 33.2 Å². The number of hydrogen-bond donors (Lipinski definition) is 2. The van der Waals surface area contributed by atoms with Crippen LogP contribution in [0.1, 0.15) is 56.2 Å². The summed E-state index contributed by atoms with van der Waals surface area (Å²) in [6.45, 7) is 2.10. The summed E-state index contributed by atoms with van der Waals surface area (Å²) in [6, 6.07) is 33.5. The lowest BCUT2D eigenvalue weighted by molar-refractivity contribution is 0.0465. The second-order valence-corrected chi connectivity index (χ2v) is 11.7. The van der Waals surface area contributed by atoms with Gasteiger partial charge in [0.05, 0.1) is 6.04 Å². The van der Waals surface area contributed by atoms with Crippen LogP contribution in [0.3, 0.4) is 0 Å². The van der Waals surface area contributed by atoms with Gasteiger partial charge in [0, 0.05) is 42.2 Å². The predicted octanol–water partition coefficient (Wildman–Crippen LogP) is 7.39. The predicted molar refractivity (Wildman–Crippen MR) is 176 cm³/mol. The molecule has 8 heteroatoms. The summed E-state index contributed by atoms with van der Waals surface area (Å²) < 4.78 is 13.5. The highest BCUT2D eigenvalue weighted by Gasteiger charge is 2.30. The number of rotatable bonds is 9. The van der Waals surface area contributed by atoms with Crippen molar-refractivity contribution in [1.29, 1.82) is 0 Å². The van der Waals surface area contributed by atoms with Crippen LogP contribution in [0.25, 0.3) is 22.0 Å². The van der Waals surface area contributed by atoms with Crippen LogP contribution in [-0.2, 0) is 29.5 Å². The molecule has 2 N–H and O–H groups in total. The van der Waals surface area contributed by atoms with Crippen LogP contribution < -0.4 is 5.32 Å². The van der Waals surface area contributed by atoms with E-state index in [9.17, 15) is 9.59 Å². The number of hydrogen-bond acceptors (Lipinski definition) is 5. The zero-order chi connectivity index (χ0) is 31.6. The molecule has 2 heterocycles. The molecule has 0 saturated heterocycles. The van der Waals surface area contributed by atoms with Crippen LogP contribution in [0.15, 0.2) is 109 Å². The lowest BCUT2D eigenvalue weighted by Gasteiger charge is -2.19. The van der Waals surface area contributed by atoms with Gasteiger partial charge in [-0.25, -0.2) is 14.6 Å². The number of amides is 1. The number of carbonyl (C=O) groups excluding carboxylic acids is 2. The molecule has 1 atom stereocenters. The highest BCUT2D eigenvalue weighted by atomic mass is 16.5. The molecule has 0 bridgehead atoms. The van der Waals surface area contributed by atoms with Gasteiger partial charge >= 0.3 is 12.1 Å². The molecule has 8 nitrogen and oxygen atoms in total. The summed E-state index contributed by atoms with van der Waals surface area (Å²) in [7, 11) is 2.00. The molecule has 0 spiro atoms. The third-order valence-electron chi connectivity index (χ3n) is 8.68. The number of alkyl carbamates (subject to hydrolysis) is 1. The first kappa shape index (κ1) is 29.1. The summed E-state index contributed by atoms with van der Waals surface area (Å²) in [5.41, 5.74) is 8.36. The number of benzene rings is 4. The molecule has 230 valence electrons. The van der Waals surface area contributed by atoms with Crippen LogP contribution in [0.4, 0.5) is 4.79 Å². The number of para-hydroxylation sites is 1. The second kappa shape index (κ2) is 12.4. The summed E-state index contributed by atoms with van der Waals surface area (Å²) >= 11 is 0. The van der Waals surface area contributed by atoms with E-state index >= 15 is 0 Å². The molecule has 0 unspecified atom stereocenters. The minimum Gasteiger partial charge on any atom is -0.456 e. The van der Waals surface area contributed by atoms with Gasteiger partial charge in [0.25, 0.3) is 0 Å². The highest BCUT2D eigenvalue weighted by Crippen LogP contribution is 2.44. The standard InChI is InChI=1S/C38H34N4O4/c1-24-35(37(43)45-22-25-12-4-3-5-13-25)41-36(39-24)33(20-26-21-42(2)34-19-11-10-14-27(26)34)40-38(44)46-23-32-30-17-8-6-15-28(30)29-16-7-9-18-31(29)32/h3-19,21,32-33H,20,22-23H2,1-2H3,(H,39,41)(H,40,44)/t33-/m1/s1. The lowest BCUT2D eigenvalue weighted by atomic mass is 9.98. The molecule has 7 rings (SSSR count). The van der Waals surface area contributed by atoms with Gasteiger partial charge in [-0.3, -0.25) is 0 Å². The molecule has 0 saturated carbocycles. The monoisotopic (exact) mass is 610 g/mol. The van der Waals surface area contributed by atoms with Crippen molar-refractivity contribution in [3.8, 4) is 11.1 Å². The quantitative estimate of drug-likeness (QED) is 0.166. The first-order chi connectivity index (χ1) is 22.5. The molecular formula is C38H34N4O4. The third kappa shape index (κ3) is 5.65. The maximum Gasteiger partial charge on any atom is 0.407 e. The Morgan fingerprint density at radius 3 is 2.26 bits per heavy atom. The third-order valence-corrected chi connectivity index (χ3v) is 8.68. The molecule has 1 aliphatic rings. The zero-order valence-corrected chi connectivity index (χ0v) is 25.7. The van der Waals surface area contributed by atoms with Gasteiger partial charge in [-0.1, -0.05) is 97.1 Å². The lowest BCUT2D eigenvalue weighted by Crippen LogP contribution is -2.32. The Kier molecular flexibility index (Phi) is 7.84. The van der Waals surface area contributed by atoms with Crippen LogP contribution in [0, 0.1) is 6.92 Å². The smallest absolute Gasteiger partial charge is 0.407 e. The first-order valence-electron chi connectivity index (χ1n) is 15.4. The van der Waals surface area contributed by atoms with Crippen molar-refractivity contribution in [2.45, 2.75) is 31.9 Å². The number of aromatic amines is 1. The number of nitrogens with zero attached hydrogens (tertiary/aromatic N) is 2. The number of aryl methyl sites for hydroxylation is 2. The average molecular weight is 611 g/mol. The van der Waals surface area contributed by atoms with E-state index in [1.54, 1.807) is 6.92 Å². The number of fused-ring (bicyclic) bond motifs is 4. The molecule has 0 fully saturated rings. The fraction of sp³-hybridized carbons (Fsp3) is 0.184. The normalized spacial score (nSPS) is 12.8. The van der Waals surface area contributed by atoms with Crippen molar-refractivity contribution in [3.05, 3.63) is 149 Å². The van der Waals surface area contributed by atoms with Gasteiger partial charge in [0.15, 0.2) is 5.69 Å². The van der Waals surface area contributed by atoms with Crippen LogP contribution in [0.5, 0.6) is 0 Å². The minimum atomic E-state index is -0.601. The Hall–Kier alpha value is -5.63. The summed E-state index contributed by atoms with van der Waals surface area (Å²) in [5, 5.41) is 4.13. The Labute approximate surface area is 267 Å². The van der Waals surface area contributed by atoms with Crippen molar-refractivity contribution >= 4 is 23.0 Å². The Balaban J connectivity index is 1.13. The van der Waals surface area contributed by atoms with Gasteiger partial charge in [-0.15, -0.1) is 0 Å². The average Bonchev–Trinajstić information content (AvgIpc) is 3.74. The van der Waals surface area contributed by atoms with E-state index in [0.717, 1.165) is 33.2 Å². The van der Waals surface area contributed by atoms with E-state index in [-0.39, 0.29) is 24.8 Å². The molecule has 1 aliphatic carbocycles. The fourth-order valence-corrected chi connectivity index (χ4v) is 6.45. The van der Waals surface area contributed by atoms with Crippen LogP contribution in [0.2, 0.25) is 0 Å². The van der Waals surface area contributed by atoms with Gasteiger partial charge in [-0.2, -0.15) is 0 Å². The van der Waals surface area contributed by atoms with E-state index in [1.165, 1.54) is 11.1 Å². The largest absolute Gasteiger partial charge is 0.456 e. The van der Waals surface area contributed by atoms with E-state index in [4.69, 9.17) is 9.47 Å². The number of aromatic nitrogens is 3. The molecule has 2 aromatic heterocycles. The molecule has 4 aromatic carbocycles. The van der Waals surface area contributed by atoms with Crippen molar-refractivity contribution < 1.29 is 19.1 Å². The van der Waals surface area contributed by atoms with Gasteiger partial charge < -0.3 is 24.3 Å². The topological polar surface area (TPSA) is 98.2 Å². The fourth-order valence-electron chi connectivity index (χ4n) is 6.45. The summed E-state index contributed by atoms with van der Waals surface area (Å²) in [6.07, 6.45) is 1.92. The summed E-state index contributed by atoms with van der Waals surface area (Å²) in [5.74, 6) is -0.147. The molecule has 0 radical (unpaired) electrons. The second-order valence-electron chi connectivity index (χ2n) is 11.7. The maximum absolute atomic E-state index is 13.5. The van der Waals surface area contributed by atoms with Gasteiger partial charge in [-0.05, 0) is 46.4 Å². The Bertz CT molecular complexity index is 2000. The van der Waals surface area contributed by atoms with E-state index < -0.39 is 18.1 Å². The number of imidazole rings is 1. The van der Waals surface area contributed by atoms with Crippen molar-refractivity contribution in [3.63, 3.8) is 0 Å². The molecule has 46 heavy (non-hydrogen) atoms. The van der Waals surface area contributed by atoms with Crippen molar-refractivity contribution in [1.82, 2.24) is 19.9 Å². The number of H-pyrrole nitrogens is 1. The van der Waals surface area contributed by atoms with Gasteiger partial charge in [0.2, 0.25) is 0 Å². The van der Waals surface area contributed by atoms with Crippen molar-refractivity contribution in [2.75, 3.05) is 6.61 Å². The molecule has 1 amide bonds. The molecule has 6 aromatic rings. The number of esters is 1. The number of carbonyl (C=O) groups is 2. The molecular weight excluding hydrogens is 576 g/mol. The van der Waals surface area contributed by atoms with E-state index in [2.05, 4.69) is 62.4 Å². The van der Waals surface area contributed by atoms with Crippen molar-refractivity contribution in [2.24, 2.45) is 7.05 Å².